The van der Waals surface area contributed by atoms with Crippen LogP contribution in [0.1, 0.15) is 42.6 Å². The van der Waals surface area contributed by atoms with Gasteiger partial charge >= 0.3 is 0 Å². The minimum absolute atomic E-state index is 0.126. The Morgan fingerprint density at radius 2 is 1.74 bits per heavy atom. The van der Waals surface area contributed by atoms with Crippen LogP contribution in [0, 0.1) is 0 Å². The summed E-state index contributed by atoms with van der Waals surface area (Å²) in [5.41, 5.74) is 2.66. The second-order valence-electron chi connectivity index (χ2n) is 8.64. The quantitative estimate of drug-likeness (QED) is 0.348. The molecule has 2 heterocycles. The van der Waals surface area contributed by atoms with Crippen molar-refractivity contribution in [2.24, 2.45) is 0 Å². The molecule has 0 atom stereocenters. The molecule has 34 heavy (non-hydrogen) atoms. The first-order valence-corrected chi connectivity index (χ1v) is 12.3. The predicted octanol–water partition coefficient (Wildman–Crippen LogP) is 5.82. The summed E-state index contributed by atoms with van der Waals surface area (Å²) in [6.07, 6.45) is 7.13. The molecule has 2 aromatic heterocycles. The van der Waals surface area contributed by atoms with E-state index in [0.29, 0.717) is 28.2 Å². The summed E-state index contributed by atoms with van der Waals surface area (Å²) in [6.45, 7) is 0. The van der Waals surface area contributed by atoms with Crippen LogP contribution in [0.2, 0.25) is 0 Å². The van der Waals surface area contributed by atoms with Crippen LogP contribution < -0.4 is 15.6 Å². The van der Waals surface area contributed by atoms with Gasteiger partial charge in [0.25, 0.3) is 11.5 Å². The fourth-order valence-corrected chi connectivity index (χ4v) is 5.07. The number of halogens is 1. The number of pyridine rings is 1. The lowest BCUT2D eigenvalue weighted by Gasteiger charge is -2.24. The molecule has 1 saturated carbocycles. The molecule has 2 aromatic carbocycles. The molecule has 0 unspecified atom stereocenters. The van der Waals surface area contributed by atoms with Crippen molar-refractivity contribution in [3.05, 3.63) is 81.3 Å². The van der Waals surface area contributed by atoms with E-state index in [2.05, 4.69) is 26.2 Å². The molecule has 7 heteroatoms. The van der Waals surface area contributed by atoms with E-state index in [9.17, 15) is 9.59 Å². The SMILES string of the molecule is COc1ccc(-c2c(=O)n(-c3ccc(Br)cc3)c(C(=O)NC3CCCCC3)c3[nH]ccc23)cc1. The van der Waals surface area contributed by atoms with Crippen molar-refractivity contribution in [2.45, 2.75) is 38.1 Å². The molecule has 0 bridgehead atoms. The lowest BCUT2D eigenvalue weighted by Crippen LogP contribution is -2.39. The van der Waals surface area contributed by atoms with Crippen LogP contribution in [0.3, 0.4) is 0 Å². The Kier molecular flexibility index (Phi) is 6.28. The number of rotatable bonds is 5. The number of amides is 1. The second-order valence-corrected chi connectivity index (χ2v) is 9.56. The average molecular weight is 520 g/mol. The maximum absolute atomic E-state index is 14.1. The van der Waals surface area contributed by atoms with Gasteiger partial charge in [0.1, 0.15) is 11.4 Å². The second kappa shape index (κ2) is 9.50. The van der Waals surface area contributed by atoms with Gasteiger partial charge in [0.05, 0.1) is 18.2 Å². The number of carbonyl (C=O) groups excluding carboxylic acids is 1. The van der Waals surface area contributed by atoms with Gasteiger partial charge in [0.2, 0.25) is 0 Å². The Balaban J connectivity index is 1.74. The number of hydrogen-bond donors (Lipinski definition) is 2. The minimum Gasteiger partial charge on any atom is -0.497 e. The molecule has 0 saturated heterocycles. The van der Waals surface area contributed by atoms with E-state index in [0.717, 1.165) is 41.1 Å². The molecule has 4 aromatic rings. The Labute approximate surface area is 206 Å². The summed E-state index contributed by atoms with van der Waals surface area (Å²) >= 11 is 3.46. The smallest absolute Gasteiger partial charge is 0.270 e. The summed E-state index contributed by atoms with van der Waals surface area (Å²) in [5.74, 6) is 0.478. The van der Waals surface area contributed by atoms with E-state index in [-0.39, 0.29) is 17.5 Å². The van der Waals surface area contributed by atoms with Crippen molar-refractivity contribution in [2.75, 3.05) is 7.11 Å². The van der Waals surface area contributed by atoms with Gasteiger partial charge in [-0.2, -0.15) is 0 Å². The summed E-state index contributed by atoms with van der Waals surface area (Å²) in [7, 11) is 1.61. The van der Waals surface area contributed by atoms with Crippen LogP contribution in [-0.2, 0) is 0 Å². The third-order valence-electron chi connectivity index (χ3n) is 6.51. The van der Waals surface area contributed by atoms with Crippen molar-refractivity contribution in [1.82, 2.24) is 14.9 Å². The minimum atomic E-state index is -0.242. The van der Waals surface area contributed by atoms with Gasteiger partial charge in [-0.15, -0.1) is 0 Å². The number of methoxy groups -OCH3 is 1. The van der Waals surface area contributed by atoms with E-state index >= 15 is 0 Å². The number of nitrogens with zero attached hydrogens (tertiary/aromatic N) is 1. The van der Waals surface area contributed by atoms with Crippen molar-refractivity contribution in [3.63, 3.8) is 0 Å². The van der Waals surface area contributed by atoms with Gasteiger partial charge in [-0.1, -0.05) is 47.3 Å². The number of benzene rings is 2. The normalized spacial score (nSPS) is 14.3. The van der Waals surface area contributed by atoms with Crippen LogP contribution >= 0.6 is 15.9 Å². The maximum Gasteiger partial charge on any atom is 0.270 e. The number of hydrogen-bond acceptors (Lipinski definition) is 3. The largest absolute Gasteiger partial charge is 0.497 e. The zero-order valence-electron chi connectivity index (χ0n) is 18.9. The zero-order chi connectivity index (χ0) is 23.7. The summed E-state index contributed by atoms with van der Waals surface area (Å²) < 4.78 is 7.72. The Bertz CT molecular complexity index is 1380. The molecule has 0 spiro atoms. The molecule has 1 fully saturated rings. The zero-order valence-corrected chi connectivity index (χ0v) is 20.5. The number of fused-ring (bicyclic) bond motifs is 1. The topological polar surface area (TPSA) is 76.1 Å². The molecule has 2 N–H and O–H groups in total. The summed E-state index contributed by atoms with van der Waals surface area (Å²) in [4.78, 5) is 31.0. The highest BCUT2D eigenvalue weighted by atomic mass is 79.9. The monoisotopic (exact) mass is 519 g/mol. The molecule has 1 aliphatic rings. The van der Waals surface area contributed by atoms with Gasteiger partial charge in [-0.05, 0) is 60.9 Å². The standard InChI is InChI=1S/C27H26BrN3O3/c1-34-21-13-7-17(8-14-21)23-22-15-16-29-24(22)25(26(32)30-19-5-3-2-4-6-19)31(27(23)33)20-11-9-18(28)10-12-20/h7-16,19,29H,2-6H2,1H3,(H,30,32). The highest BCUT2D eigenvalue weighted by molar-refractivity contribution is 9.10. The number of aromatic amines is 1. The van der Waals surface area contributed by atoms with Crippen LogP contribution in [0.4, 0.5) is 0 Å². The highest BCUT2D eigenvalue weighted by Gasteiger charge is 2.26. The number of aromatic nitrogens is 2. The highest BCUT2D eigenvalue weighted by Crippen LogP contribution is 2.30. The Hall–Kier alpha value is -3.32. The van der Waals surface area contributed by atoms with E-state index in [1.807, 2.05) is 54.6 Å². The maximum atomic E-state index is 14.1. The summed E-state index contributed by atoms with van der Waals surface area (Å²) in [6, 6.07) is 16.8. The van der Waals surface area contributed by atoms with Gasteiger partial charge in [0, 0.05) is 27.8 Å². The van der Waals surface area contributed by atoms with E-state index < -0.39 is 0 Å². The lowest BCUT2D eigenvalue weighted by atomic mass is 9.95. The molecule has 1 aliphatic carbocycles. The van der Waals surface area contributed by atoms with Gasteiger partial charge < -0.3 is 15.0 Å². The molecular weight excluding hydrogens is 494 g/mol. The van der Waals surface area contributed by atoms with Crippen molar-refractivity contribution >= 4 is 32.7 Å². The lowest BCUT2D eigenvalue weighted by molar-refractivity contribution is 0.0921. The fourth-order valence-electron chi connectivity index (χ4n) is 4.80. The first-order valence-electron chi connectivity index (χ1n) is 11.5. The average Bonchev–Trinajstić information content (AvgIpc) is 3.34. The molecule has 5 rings (SSSR count). The molecule has 0 radical (unpaired) electrons. The number of carbonyl (C=O) groups is 1. The Morgan fingerprint density at radius 1 is 1.03 bits per heavy atom. The van der Waals surface area contributed by atoms with Crippen LogP contribution in [0.25, 0.3) is 27.7 Å². The first-order chi connectivity index (χ1) is 16.6. The first kappa shape index (κ1) is 22.5. The van der Waals surface area contributed by atoms with Crippen molar-refractivity contribution < 1.29 is 9.53 Å². The van der Waals surface area contributed by atoms with Crippen LogP contribution in [0.5, 0.6) is 5.75 Å². The third-order valence-corrected chi connectivity index (χ3v) is 7.04. The molecule has 6 nitrogen and oxygen atoms in total. The Morgan fingerprint density at radius 3 is 2.41 bits per heavy atom. The van der Waals surface area contributed by atoms with Gasteiger partial charge in [0.15, 0.2) is 0 Å². The van der Waals surface area contributed by atoms with Crippen molar-refractivity contribution in [1.29, 1.82) is 0 Å². The fraction of sp³-hybridized carbons (Fsp3) is 0.259. The van der Waals surface area contributed by atoms with Crippen LogP contribution in [0.15, 0.2) is 70.1 Å². The third kappa shape index (κ3) is 4.16. The van der Waals surface area contributed by atoms with Gasteiger partial charge in [-0.25, -0.2) is 0 Å². The van der Waals surface area contributed by atoms with Gasteiger partial charge in [-0.3, -0.25) is 14.2 Å². The number of H-pyrrole nitrogens is 1. The van der Waals surface area contributed by atoms with Crippen molar-refractivity contribution in [3.8, 4) is 22.6 Å². The number of nitrogens with one attached hydrogen (secondary N) is 2. The molecule has 0 aliphatic heterocycles. The molecule has 1 amide bonds. The van der Waals surface area contributed by atoms with E-state index in [4.69, 9.17) is 4.74 Å². The number of ether oxygens (including phenoxy) is 1. The van der Waals surface area contributed by atoms with E-state index in [1.54, 1.807) is 13.3 Å². The van der Waals surface area contributed by atoms with Crippen LogP contribution in [-0.4, -0.2) is 28.6 Å². The molecule has 174 valence electrons. The molecular formula is C27H26BrN3O3. The summed E-state index contributed by atoms with van der Waals surface area (Å²) in [5, 5.41) is 3.92. The van der Waals surface area contributed by atoms with E-state index in [1.165, 1.54) is 11.0 Å². The predicted molar refractivity (Wildman–Crippen MR) is 138 cm³/mol.